The maximum atomic E-state index is 5.73. The van der Waals surface area contributed by atoms with Crippen molar-refractivity contribution in [1.29, 1.82) is 0 Å². The molecule has 0 fully saturated rings. The Bertz CT molecular complexity index is 1840. The van der Waals surface area contributed by atoms with E-state index in [1.807, 2.05) is 72.8 Å². The molecule has 0 radical (unpaired) electrons. The Morgan fingerprint density at radius 3 is 0.755 bits per heavy atom. The summed E-state index contributed by atoms with van der Waals surface area (Å²) in [6.07, 6.45) is 0. The summed E-state index contributed by atoms with van der Waals surface area (Å²) >= 11 is 0. The Morgan fingerprint density at radius 1 is 0.340 bits per heavy atom. The van der Waals surface area contributed by atoms with Crippen molar-refractivity contribution in [1.82, 2.24) is 0 Å². The molecule has 0 atom stereocenters. The van der Waals surface area contributed by atoms with Crippen molar-refractivity contribution in [2.45, 2.75) is 0 Å². The van der Waals surface area contributed by atoms with Gasteiger partial charge in [0.05, 0.1) is 56.9 Å². The van der Waals surface area contributed by atoms with Gasteiger partial charge in [0.25, 0.3) is 0 Å². The van der Waals surface area contributed by atoms with E-state index in [9.17, 15) is 0 Å². The third-order valence-corrected chi connectivity index (χ3v) is 16.9. The first-order valence-electron chi connectivity index (χ1n) is 16.7. The smallest absolute Gasteiger partial charge is 0.367 e. The zero-order valence-corrected chi connectivity index (χ0v) is 38.2. The average Bonchev–Trinajstić information content (AvgIpc) is 3.20. The molecule has 0 aliphatic carbocycles. The fourth-order valence-electron chi connectivity index (χ4n) is 5.65. The zero-order valence-electron chi connectivity index (χ0n) is 31.5. The molecule has 0 amide bonds. The van der Waals surface area contributed by atoms with Crippen molar-refractivity contribution >= 4 is 66.9 Å². The van der Waals surface area contributed by atoms with Crippen LogP contribution in [0.3, 0.4) is 0 Å². The first kappa shape index (κ1) is 40.4. The number of methoxy groups -OCH3 is 8. The molecule has 0 saturated heterocycles. The van der Waals surface area contributed by atoms with Crippen molar-refractivity contribution in [2.75, 3.05) is 56.9 Å². The zero-order chi connectivity index (χ0) is 38.1. The number of hydrogen-bond donors (Lipinski definition) is 0. The van der Waals surface area contributed by atoms with E-state index in [1.165, 1.54) is 0 Å². The van der Waals surface area contributed by atoms with E-state index >= 15 is 0 Å². The highest BCUT2D eigenvalue weighted by molar-refractivity contribution is 7.08. The molecule has 4 aromatic rings. The Morgan fingerprint density at radius 2 is 0.566 bits per heavy atom. The molecule has 4 rings (SSSR count). The van der Waals surface area contributed by atoms with Crippen LogP contribution in [0.15, 0.2) is 72.8 Å². The summed E-state index contributed by atoms with van der Waals surface area (Å²) in [6.45, 7) is 0. The van der Waals surface area contributed by atoms with E-state index in [-0.39, 0.29) is 0 Å². The summed E-state index contributed by atoms with van der Waals surface area (Å²) in [7, 11) is 5.34. The van der Waals surface area contributed by atoms with Crippen LogP contribution >= 0.6 is 0 Å². The molecule has 4 aromatic carbocycles. The molecule has 0 N–H and O–H groups in total. The van der Waals surface area contributed by atoms with Crippen molar-refractivity contribution < 1.29 is 37.9 Å². The van der Waals surface area contributed by atoms with Gasteiger partial charge in [-0.1, -0.05) is 70.7 Å². The van der Waals surface area contributed by atoms with Crippen molar-refractivity contribution in [3.05, 3.63) is 72.8 Å². The lowest BCUT2D eigenvalue weighted by Gasteiger charge is -2.11. The Hall–Kier alpha value is -5.40. The summed E-state index contributed by atoms with van der Waals surface area (Å²) in [6, 6.07) is 23.6. The highest BCUT2D eigenvalue weighted by Crippen LogP contribution is 2.25. The van der Waals surface area contributed by atoms with E-state index in [2.05, 4.69) is 44.3 Å². The highest BCUT2D eigenvalue weighted by Gasteiger charge is 2.26. The number of para-hydroxylation sites is 4. The Labute approximate surface area is 323 Å². The number of hydrogen-bond acceptors (Lipinski definition) is 8. The van der Waals surface area contributed by atoms with Gasteiger partial charge in [-0.25, -0.2) is 0 Å². The SMILES string of the molecule is COc1cccc([SiH2]C#C[Si](C#C[SiH2]c2cccc(OC)c2OC)(C#C[SiH2]c2cccc(OC)c2OC)C#C[SiH2]c2cccc(OC)c2OC)c1OC. The van der Waals surface area contributed by atoms with Crippen LogP contribution in [0.25, 0.3) is 0 Å². The van der Waals surface area contributed by atoms with Gasteiger partial charge in [-0.2, -0.15) is 0 Å². The van der Waals surface area contributed by atoms with E-state index < -0.39 is 46.2 Å². The third-order valence-electron chi connectivity index (χ3n) is 8.16. The maximum absolute atomic E-state index is 5.73. The molecule has 0 saturated carbocycles. The van der Waals surface area contributed by atoms with Crippen LogP contribution in [0.4, 0.5) is 0 Å². The molecular weight excluding hydrogens is 749 g/mol. The van der Waals surface area contributed by atoms with Gasteiger partial charge in [-0.3, -0.25) is 0 Å². The van der Waals surface area contributed by atoms with Crippen LogP contribution < -0.4 is 58.6 Å². The first-order chi connectivity index (χ1) is 25.9. The predicted molar refractivity (Wildman–Crippen MR) is 228 cm³/mol. The summed E-state index contributed by atoms with van der Waals surface area (Å²) in [5, 5.41) is 4.16. The Balaban J connectivity index is 1.89. The molecule has 0 unspecified atom stereocenters. The molecule has 0 aromatic heterocycles. The molecule has 53 heavy (non-hydrogen) atoms. The van der Waals surface area contributed by atoms with Gasteiger partial charge in [0, 0.05) is 0 Å². The fourth-order valence-corrected chi connectivity index (χ4v) is 15.4. The van der Waals surface area contributed by atoms with E-state index in [4.69, 9.17) is 37.9 Å². The minimum absolute atomic E-state index is 0.678. The molecular formula is C40H44O8Si5. The van der Waals surface area contributed by atoms with Crippen LogP contribution in [0.1, 0.15) is 0 Å². The highest BCUT2D eigenvalue weighted by atomic mass is 28.3. The predicted octanol–water partition coefficient (Wildman–Crippen LogP) is -0.518. The summed E-state index contributed by atoms with van der Waals surface area (Å²) in [5.74, 6) is 5.54. The normalized spacial score (nSPS) is 11.8. The van der Waals surface area contributed by atoms with Crippen molar-refractivity contribution in [3.8, 4) is 90.3 Å². The second kappa shape index (κ2) is 20.6. The molecule has 0 aliphatic rings. The van der Waals surface area contributed by atoms with E-state index in [0.717, 1.165) is 20.7 Å². The quantitative estimate of drug-likeness (QED) is 0.141. The second-order valence-corrected chi connectivity index (χ2v) is 19.7. The standard InChI is InChI=1S/C40H44O8Si5/c1-41-29-13-9-17-33(37(29)45-5)49-21-25-53(26-22-50-34-18-10-14-30(42-2)38(34)46-6,27-23-51-35-19-11-15-31(43-3)39(35)47-7)28-24-52-36-20-12-16-32(44-4)40(36)48-8/h9-20H,49-52H2,1-8H3. The third kappa shape index (κ3) is 10.4. The molecule has 8 nitrogen and oxygen atoms in total. The lowest BCUT2D eigenvalue weighted by Crippen LogP contribution is -2.31. The van der Waals surface area contributed by atoms with Crippen LogP contribution in [0.2, 0.25) is 0 Å². The Kier molecular flexibility index (Phi) is 15.7. The molecule has 0 bridgehead atoms. The van der Waals surface area contributed by atoms with E-state index in [0.29, 0.717) is 46.0 Å². The minimum atomic E-state index is -3.20. The van der Waals surface area contributed by atoms with Crippen molar-refractivity contribution in [3.63, 3.8) is 0 Å². The average molecular weight is 793 g/mol. The monoisotopic (exact) mass is 792 g/mol. The number of rotatable bonds is 12. The second-order valence-electron chi connectivity index (χ2n) is 11.3. The van der Waals surface area contributed by atoms with Crippen LogP contribution in [-0.4, -0.2) is 103 Å². The summed E-state index contributed by atoms with van der Waals surface area (Å²) < 4.78 is 45.2. The number of ether oxygens (including phenoxy) is 8. The van der Waals surface area contributed by atoms with Gasteiger partial charge >= 0.3 is 8.07 Å². The van der Waals surface area contributed by atoms with Gasteiger partial charge < -0.3 is 37.9 Å². The maximum Gasteiger partial charge on any atom is 0.367 e. The van der Waals surface area contributed by atoms with Gasteiger partial charge in [-0.15, -0.1) is 22.2 Å². The van der Waals surface area contributed by atoms with E-state index in [1.54, 1.807) is 56.9 Å². The lowest BCUT2D eigenvalue weighted by molar-refractivity contribution is 0.357. The van der Waals surface area contributed by atoms with Crippen LogP contribution in [-0.2, 0) is 0 Å². The van der Waals surface area contributed by atoms with Gasteiger partial charge in [0.1, 0.15) is 38.1 Å². The number of benzene rings is 4. The molecule has 272 valence electrons. The van der Waals surface area contributed by atoms with Crippen LogP contribution in [0, 0.1) is 44.3 Å². The molecule has 0 spiro atoms. The molecule has 0 aliphatic heterocycles. The molecule has 0 heterocycles. The topological polar surface area (TPSA) is 73.8 Å². The van der Waals surface area contributed by atoms with Gasteiger partial charge in [0.2, 0.25) is 0 Å². The first-order valence-corrected chi connectivity index (χ1v) is 24.4. The fraction of sp³-hybridized carbons (Fsp3) is 0.200. The molecule has 13 heteroatoms. The largest absolute Gasteiger partial charge is 0.493 e. The van der Waals surface area contributed by atoms with Gasteiger partial charge in [-0.05, 0) is 45.0 Å². The minimum Gasteiger partial charge on any atom is -0.493 e. The summed E-state index contributed by atoms with van der Waals surface area (Å²) in [5.41, 5.74) is 28.7. The van der Waals surface area contributed by atoms with Crippen molar-refractivity contribution in [2.24, 2.45) is 0 Å². The van der Waals surface area contributed by atoms with Crippen LogP contribution in [0.5, 0.6) is 46.0 Å². The lowest BCUT2D eigenvalue weighted by atomic mass is 10.3. The summed E-state index contributed by atoms with van der Waals surface area (Å²) in [4.78, 5) is 0. The van der Waals surface area contributed by atoms with Gasteiger partial charge in [0.15, 0.2) is 46.0 Å².